The van der Waals surface area contributed by atoms with Gasteiger partial charge < -0.3 is 14.5 Å². The van der Waals surface area contributed by atoms with Crippen molar-refractivity contribution < 1.29 is 14.3 Å². The van der Waals surface area contributed by atoms with Crippen LogP contribution in [0.3, 0.4) is 0 Å². The molecule has 1 saturated heterocycles. The number of ether oxygens (including phenoxy) is 1. The molecule has 0 aromatic rings. The summed E-state index contributed by atoms with van der Waals surface area (Å²) in [6.07, 6.45) is 4.22. The molecule has 1 amide bonds. The van der Waals surface area contributed by atoms with E-state index in [1.807, 2.05) is 25.2 Å². The number of nitrogens with zero attached hydrogens (tertiary/aromatic N) is 2. The van der Waals surface area contributed by atoms with E-state index in [0.29, 0.717) is 32.7 Å². The molecule has 1 saturated carbocycles. The van der Waals surface area contributed by atoms with E-state index in [4.69, 9.17) is 4.74 Å². The third kappa shape index (κ3) is 3.35. The highest BCUT2D eigenvalue weighted by Crippen LogP contribution is 2.27. The fourth-order valence-corrected chi connectivity index (χ4v) is 2.65. The monoisotopic (exact) mass is 266 g/mol. The van der Waals surface area contributed by atoms with Gasteiger partial charge in [-0.15, -0.1) is 0 Å². The summed E-state index contributed by atoms with van der Waals surface area (Å²) in [4.78, 5) is 28.4. The summed E-state index contributed by atoms with van der Waals surface area (Å²) < 4.78 is 5.24. The Morgan fingerprint density at radius 1 is 1.37 bits per heavy atom. The van der Waals surface area contributed by atoms with E-state index in [0.717, 1.165) is 18.4 Å². The van der Waals surface area contributed by atoms with Crippen LogP contribution in [0.2, 0.25) is 0 Å². The average molecular weight is 266 g/mol. The summed E-state index contributed by atoms with van der Waals surface area (Å²) >= 11 is 0. The highest BCUT2D eigenvalue weighted by Gasteiger charge is 2.35. The van der Waals surface area contributed by atoms with Gasteiger partial charge in [0.1, 0.15) is 5.92 Å². The van der Waals surface area contributed by atoms with Gasteiger partial charge in [-0.1, -0.05) is 0 Å². The van der Waals surface area contributed by atoms with E-state index < -0.39 is 5.92 Å². The van der Waals surface area contributed by atoms with Crippen LogP contribution in [0.1, 0.15) is 19.3 Å². The molecule has 2 rings (SSSR count). The number of rotatable bonds is 2. The van der Waals surface area contributed by atoms with Gasteiger partial charge in [0.05, 0.1) is 13.2 Å². The van der Waals surface area contributed by atoms with Crippen molar-refractivity contribution in [1.29, 1.82) is 0 Å². The number of amides is 1. The van der Waals surface area contributed by atoms with Gasteiger partial charge in [0.2, 0.25) is 5.91 Å². The van der Waals surface area contributed by atoms with Crippen molar-refractivity contribution >= 4 is 11.7 Å². The molecule has 1 aliphatic heterocycles. The van der Waals surface area contributed by atoms with Crippen LogP contribution in [0.25, 0.3) is 0 Å². The van der Waals surface area contributed by atoms with Crippen LogP contribution in [-0.2, 0) is 14.3 Å². The van der Waals surface area contributed by atoms with Crippen LogP contribution >= 0.6 is 0 Å². The maximum absolute atomic E-state index is 12.4. The van der Waals surface area contributed by atoms with Gasteiger partial charge >= 0.3 is 0 Å². The molecule has 2 fully saturated rings. The Balaban J connectivity index is 2.06. The van der Waals surface area contributed by atoms with Crippen LogP contribution in [0, 0.1) is 5.92 Å². The molecule has 1 aliphatic carbocycles. The number of morpholine rings is 1. The number of hydrogen-bond acceptors (Lipinski definition) is 4. The van der Waals surface area contributed by atoms with Gasteiger partial charge in [-0.2, -0.15) is 0 Å². The van der Waals surface area contributed by atoms with Crippen molar-refractivity contribution in [2.45, 2.75) is 19.3 Å². The fourth-order valence-electron chi connectivity index (χ4n) is 2.65. The number of hydrogen-bond donors (Lipinski definition) is 0. The third-order valence-corrected chi connectivity index (χ3v) is 3.61. The Morgan fingerprint density at radius 3 is 2.68 bits per heavy atom. The van der Waals surface area contributed by atoms with Crippen LogP contribution in [0.15, 0.2) is 11.8 Å². The number of carbonyl (C=O) groups is 2. The molecule has 0 aromatic carbocycles. The minimum Gasteiger partial charge on any atom is -0.383 e. The Labute approximate surface area is 114 Å². The zero-order chi connectivity index (χ0) is 13.8. The van der Waals surface area contributed by atoms with Gasteiger partial charge in [0, 0.05) is 39.0 Å². The number of ketones is 1. The first kappa shape index (κ1) is 14.1. The van der Waals surface area contributed by atoms with E-state index in [1.54, 1.807) is 4.90 Å². The van der Waals surface area contributed by atoms with E-state index in [1.165, 1.54) is 0 Å². The van der Waals surface area contributed by atoms with E-state index >= 15 is 0 Å². The summed E-state index contributed by atoms with van der Waals surface area (Å²) in [7, 11) is 3.79. The molecule has 19 heavy (non-hydrogen) atoms. The van der Waals surface area contributed by atoms with Gasteiger partial charge in [0.15, 0.2) is 5.78 Å². The van der Waals surface area contributed by atoms with Crippen molar-refractivity contribution in [3.63, 3.8) is 0 Å². The van der Waals surface area contributed by atoms with Crippen LogP contribution in [-0.4, -0.2) is 61.9 Å². The van der Waals surface area contributed by atoms with Gasteiger partial charge in [-0.25, -0.2) is 0 Å². The zero-order valence-electron chi connectivity index (χ0n) is 11.7. The summed E-state index contributed by atoms with van der Waals surface area (Å²) in [5.41, 5.74) is 0.780. The average Bonchev–Trinajstić information content (AvgIpc) is 2.41. The molecule has 5 nitrogen and oxygen atoms in total. The number of carbonyl (C=O) groups excluding carboxylic acids is 2. The first-order valence-corrected chi connectivity index (χ1v) is 6.87. The molecular weight excluding hydrogens is 244 g/mol. The lowest BCUT2D eigenvalue weighted by Gasteiger charge is -2.32. The topological polar surface area (TPSA) is 49.9 Å². The predicted molar refractivity (Wildman–Crippen MR) is 71.5 cm³/mol. The molecule has 2 aliphatic rings. The van der Waals surface area contributed by atoms with Gasteiger partial charge in [-0.05, 0) is 19.3 Å². The highest BCUT2D eigenvalue weighted by atomic mass is 16.5. The molecule has 5 heteroatoms. The molecular formula is C14H22N2O3. The standard InChI is InChI=1S/C14H22N2O3/c1-15(2)10-11-4-3-5-12(13(11)17)14(18)16-6-8-19-9-7-16/h10,12H,3-9H2,1-2H3. The lowest BCUT2D eigenvalue weighted by Crippen LogP contribution is -2.46. The normalized spacial score (nSPS) is 26.6. The number of Topliss-reactive ketones (excluding diaryl/α,β-unsaturated/α-hetero) is 1. The summed E-state index contributed by atoms with van der Waals surface area (Å²) in [5.74, 6) is -0.479. The lowest BCUT2D eigenvalue weighted by atomic mass is 9.83. The smallest absolute Gasteiger partial charge is 0.233 e. The van der Waals surface area contributed by atoms with Crippen molar-refractivity contribution in [1.82, 2.24) is 9.80 Å². The molecule has 1 atom stereocenters. The van der Waals surface area contributed by atoms with Crippen molar-refractivity contribution in [2.75, 3.05) is 40.4 Å². The Morgan fingerprint density at radius 2 is 2.05 bits per heavy atom. The second-order valence-corrected chi connectivity index (χ2v) is 5.36. The Kier molecular flexibility index (Phi) is 4.58. The van der Waals surface area contributed by atoms with Crippen molar-refractivity contribution in [2.24, 2.45) is 5.92 Å². The molecule has 0 aromatic heterocycles. The second-order valence-electron chi connectivity index (χ2n) is 5.36. The zero-order valence-corrected chi connectivity index (χ0v) is 11.7. The van der Waals surface area contributed by atoms with Crippen molar-refractivity contribution in [3.05, 3.63) is 11.8 Å². The molecule has 1 unspecified atom stereocenters. The summed E-state index contributed by atoms with van der Waals surface area (Å²) in [6, 6.07) is 0. The van der Waals surface area contributed by atoms with E-state index in [2.05, 4.69) is 0 Å². The second kappa shape index (κ2) is 6.19. The van der Waals surface area contributed by atoms with Crippen molar-refractivity contribution in [3.8, 4) is 0 Å². The molecule has 1 heterocycles. The lowest BCUT2D eigenvalue weighted by molar-refractivity contribution is -0.144. The highest BCUT2D eigenvalue weighted by molar-refractivity contribution is 6.10. The summed E-state index contributed by atoms with van der Waals surface area (Å²) in [5, 5.41) is 0. The van der Waals surface area contributed by atoms with Gasteiger partial charge in [-0.3, -0.25) is 9.59 Å². The predicted octanol–water partition coefficient (Wildman–Crippen LogP) is 0.660. The maximum atomic E-state index is 12.4. The SMILES string of the molecule is CN(C)C=C1CCCC(C(=O)N2CCOCC2)C1=O. The van der Waals surface area contributed by atoms with Gasteiger partial charge in [0.25, 0.3) is 0 Å². The quantitative estimate of drug-likeness (QED) is 0.544. The third-order valence-electron chi connectivity index (χ3n) is 3.61. The maximum Gasteiger partial charge on any atom is 0.233 e. The van der Waals surface area contributed by atoms with E-state index in [9.17, 15) is 9.59 Å². The minimum atomic E-state index is -0.474. The molecule has 106 valence electrons. The Hall–Kier alpha value is -1.36. The van der Waals surface area contributed by atoms with Crippen LogP contribution in [0.5, 0.6) is 0 Å². The first-order valence-electron chi connectivity index (χ1n) is 6.87. The molecule has 0 spiro atoms. The van der Waals surface area contributed by atoms with E-state index in [-0.39, 0.29) is 11.7 Å². The fraction of sp³-hybridized carbons (Fsp3) is 0.714. The van der Waals surface area contributed by atoms with Crippen LogP contribution in [0.4, 0.5) is 0 Å². The number of allylic oxidation sites excluding steroid dienone is 1. The summed E-state index contributed by atoms with van der Waals surface area (Å²) in [6.45, 7) is 2.37. The molecule has 0 bridgehead atoms. The minimum absolute atomic E-state index is 0.0106. The first-order chi connectivity index (χ1) is 9.09. The largest absolute Gasteiger partial charge is 0.383 e. The molecule has 0 radical (unpaired) electrons. The Bertz CT molecular complexity index is 384. The molecule has 0 N–H and O–H groups in total. The van der Waals surface area contributed by atoms with Crippen LogP contribution < -0.4 is 0 Å².